The average Bonchev–Trinajstić information content (AvgIpc) is 3.20. The van der Waals surface area contributed by atoms with Crippen molar-refractivity contribution in [1.29, 1.82) is 0 Å². The molecule has 5 N–H and O–H groups in total. The van der Waals surface area contributed by atoms with E-state index in [1.165, 1.54) is 97.3 Å². The van der Waals surface area contributed by atoms with Crippen molar-refractivity contribution in [3.63, 3.8) is 0 Å². The van der Waals surface area contributed by atoms with E-state index in [0.29, 0.717) is 18.6 Å². The van der Waals surface area contributed by atoms with E-state index in [9.17, 15) is 34.8 Å². The molecule has 0 aliphatic rings. The van der Waals surface area contributed by atoms with E-state index >= 15 is 0 Å². The Kier molecular flexibility index (Phi) is 35.9. The number of para-hydroxylation sites is 1. The van der Waals surface area contributed by atoms with Gasteiger partial charge in [-0.15, -0.1) is 18.9 Å². The van der Waals surface area contributed by atoms with Gasteiger partial charge in [0, 0.05) is 44.6 Å². The Morgan fingerprint density at radius 3 is 1.57 bits per heavy atom. The van der Waals surface area contributed by atoms with Crippen LogP contribution in [0, 0.1) is 19.3 Å². The third-order valence-corrected chi connectivity index (χ3v) is 10.1. The third-order valence-electron chi connectivity index (χ3n) is 10.1. The van der Waals surface area contributed by atoms with Gasteiger partial charge in [0.2, 0.25) is 5.56 Å². The van der Waals surface area contributed by atoms with E-state index in [4.69, 9.17) is 20.6 Å². The Morgan fingerprint density at radius 1 is 0.717 bits per heavy atom. The molecule has 2 rings (SSSR count). The first-order valence-electron chi connectivity index (χ1n) is 22.5. The lowest BCUT2D eigenvalue weighted by Gasteiger charge is -2.15. The minimum Gasteiger partial charge on any atom is -0.495 e. The summed E-state index contributed by atoms with van der Waals surface area (Å²) in [6.07, 6.45) is 30.5. The number of ether oxygens (including phenoxy) is 3. The molecule has 0 saturated carbocycles. The second kappa shape index (κ2) is 38.2. The fourth-order valence-corrected chi connectivity index (χ4v) is 6.77. The molecule has 2 aromatic rings. The van der Waals surface area contributed by atoms with Crippen LogP contribution >= 0.6 is 0 Å². The van der Waals surface area contributed by atoms with Gasteiger partial charge in [0.05, 0.1) is 37.0 Å². The number of esters is 2. The molecule has 11 heteroatoms. The van der Waals surface area contributed by atoms with Gasteiger partial charge in [-0.3, -0.25) is 14.4 Å². The molecule has 1 aromatic heterocycles. The van der Waals surface area contributed by atoms with Crippen molar-refractivity contribution in [3.05, 3.63) is 52.8 Å². The Hall–Kier alpha value is -3.69. The Morgan fingerprint density at radius 2 is 1.15 bits per heavy atom. The standard InChI is InChI=1S/C19H36O4.C19H34O4.C11H11NO2/c2*1-3-4-5-6-7-8-9-10-11-12-13-14-18(21)15-19(22)16-23-17(2)20;1-7-6-10(13)12-11-8(7)4-3-5-9(11)14-2/h3,18-19,21-22H,1,4-16H2,2H3;1,18-19,21-22H,4-16H2,2H3;3-6H,1-2H3,(H,12,13). The first-order valence-corrected chi connectivity index (χ1v) is 22.5. The zero-order chi connectivity index (χ0) is 44.8. The van der Waals surface area contributed by atoms with Gasteiger partial charge in [0.25, 0.3) is 0 Å². The number of aryl methyl sites for hydroxylation is 1. The number of carbonyl (C=O) groups excluding carboxylic acids is 2. The van der Waals surface area contributed by atoms with Gasteiger partial charge in [0.1, 0.15) is 19.0 Å². The fourth-order valence-electron chi connectivity index (χ4n) is 6.77. The Bertz CT molecular complexity index is 1480. The average molecular weight is 844 g/mol. The molecule has 0 fully saturated rings. The summed E-state index contributed by atoms with van der Waals surface area (Å²) in [4.78, 5) is 35.3. The highest BCUT2D eigenvalue weighted by Crippen LogP contribution is 2.24. The molecule has 0 spiro atoms. The number of aliphatic hydroxyl groups is 4. The maximum atomic E-state index is 11.3. The second-order valence-electron chi connectivity index (χ2n) is 15.9. The molecule has 0 saturated heterocycles. The summed E-state index contributed by atoms with van der Waals surface area (Å²) >= 11 is 0. The summed E-state index contributed by atoms with van der Waals surface area (Å²) in [5, 5.41) is 39.9. The molecule has 0 amide bonds. The van der Waals surface area contributed by atoms with Gasteiger partial charge in [0.15, 0.2) is 0 Å². The van der Waals surface area contributed by atoms with E-state index < -0.39 is 36.4 Å². The normalized spacial score (nSPS) is 12.7. The van der Waals surface area contributed by atoms with Crippen molar-refractivity contribution in [3.8, 4) is 18.1 Å². The number of benzene rings is 1. The van der Waals surface area contributed by atoms with Crippen LogP contribution in [0.4, 0.5) is 0 Å². The molecule has 1 heterocycles. The highest BCUT2D eigenvalue weighted by atomic mass is 16.5. The summed E-state index contributed by atoms with van der Waals surface area (Å²) in [6, 6.07) is 7.29. The molecular formula is C49H81NO10. The number of unbranched alkanes of at least 4 members (excludes halogenated alkanes) is 18. The Labute approximate surface area is 361 Å². The smallest absolute Gasteiger partial charge is 0.302 e. The molecule has 0 aliphatic carbocycles. The molecule has 0 bridgehead atoms. The number of aromatic nitrogens is 1. The number of allylic oxidation sites excluding steroid dienone is 1. The number of terminal acetylenes is 1. The largest absolute Gasteiger partial charge is 0.495 e. The van der Waals surface area contributed by atoms with Crippen LogP contribution in [0.5, 0.6) is 5.75 Å². The summed E-state index contributed by atoms with van der Waals surface area (Å²) in [5.41, 5.74) is 1.63. The number of aliphatic hydroxyl groups excluding tert-OH is 4. The van der Waals surface area contributed by atoms with Gasteiger partial charge in [-0.2, -0.15) is 0 Å². The van der Waals surface area contributed by atoms with Gasteiger partial charge in [-0.05, 0) is 50.7 Å². The van der Waals surface area contributed by atoms with Crippen LogP contribution in [0.15, 0.2) is 41.7 Å². The zero-order valence-electron chi connectivity index (χ0n) is 37.6. The number of H-pyrrole nitrogens is 1. The van der Waals surface area contributed by atoms with E-state index in [1.54, 1.807) is 13.2 Å². The summed E-state index contributed by atoms with van der Waals surface area (Å²) in [5.74, 6) is 2.55. The molecule has 0 aliphatic heterocycles. The fraction of sp³-hybridized carbons (Fsp3) is 0.694. The van der Waals surface area contributed by atoms with E-state index in [0.717, 1.165) is 61.4 Å². The van der Waals surface area contributed by atoms with E-state index in [-0.39, 0.29) is 31.6 Å². The highest BCUT2D eigenvalue weighted by Gasteiger charge is 2.14. The van der Waals surface area contributed by atoms with E-state index in [1.807, 2.05) is 31.2 Å². The quantitative estimate of drug-likeness (QED) is 0.0206. The predicted octanol–water partition coefficient (Wildman–Crippen LogP) is 9.57. The zero-order valence-corrected chi connectivity index (χ0v) is 37.6. The van der Waals surface area contributed by atoms with Crippen LogP contribution in [0.1, 0.15) is 174 Å². The maximum absolute atomic E-state index is 11.3. The van der Waals surface area contributed by atoms with Crippen LogP contribution < -0.4 is 10.3 Å². The van der Waals surface area contributed by atoms with E-state index in [2.05, 4.69) is 17.5 Å². The molecule has 0 radical (unpaired) electrons. The molecular weight excluding hydrogens is 763 g/mol. The summed E-state index contributed by atoms with van der Waals surface area (Å²) in [6.45, 7) is 8.20. The maximum Gasteiger partial charge on any atom is 0.302 e. The number of nitrogens with one attached hydrogen (secondary N) is 1. The number of pyridine rings is 1. The lowest BCUT2D eigenvalue weighted by Crippen LogP contribution is -2.23. The van der Waals surface area contributed by atoms with Gasteiger partial charge in [-0.1, -0.05) is 121 Å². The second-order valence-corrected chi connectivity index (χ2v) is 15.9. The van der Waals surface area contributed by atoms with Crippen LogP contribution in [-0.2, 0) is 19.1 Å². The van der Waals surface area contributed by atoms with Gasteiger partial charge >= 0.3 is 11.9 Å². The van der Waals surface area contributed by atoms with Gasteiger partial charge < -0.3 is 39.6 Å². The lowest BCUT2D eigenvalue weighted by molar-refractivity contribution is -0.145. The topological polar surface area (TPSA) is 176 Å². The predicted molar refractivity (Wildman–Crippen MR) is 243 cm³/mol. The lowest BCUT2D eigenvalue weighted by atomic mass is 10.0. The number of hydrogen-bond donors (Lipinski definition) is 5. The van der Waals surface area contributed by atoms with Crippen LogP contribution in [0.2, 0.25) is 0 Å². The number of hydrogen-bond acceptors (Lipinski definition) is 10. The Balaban J connectivity index is 0.000000894. The first kappa shape index (κ1) is 56.3. The minimum atomic E-state index is -0.775. The monoisotopic (exact) mass is 844 g/mol. The van der Waals surface area contributed by atoms with Crippen molar-refractivity contribution >= 4 is 22.8 Å². The van der Waals surface area contributed by atoms with Crippen LogP contribution in [0.25, 0.3) is 10.9 Å². The summed E-state index contributed by atoms with van der Waals surface area (Å²) in [7, 11) is 1.59. The van der Waals surface area contributed by atoms with Crippen LogP contribution in [0.3, 0.4) is 0 Å². The molecule has 4 unspecified atom stereocenters. The minimum absolute atomic E-state index is 0.0286. The number of aromatic amines is 1. The van der Waals surface area contributed by atoms with Crippen molar-refractivity contribution in [2.75, 3.05) is 20.3 Å². The SMILES string of the molecule is C#CCCCCCCCCCCCC(O)CC(O)COC(C)=O.C=CCCCCCCCCCCCC(O)CC(O)COC(C)=O.COc1cccc2c(C)cc(=O)[nH]c12. The number of rotatable bonds is 32. The first-order chi connectivity index (χ1) is 28.8. The third kappa shape index (κ3) is 33.1. The molecule has 4 atom stereocenters. The highest BCUT2D eigenvalue weighted by molar-refractivity contribution is 5.86. The molecule has 342 valence electrons. The van der Waals surface area contributed by atoms with Crippen molar-refractivity contribution in [1.82, 2.24) is 4.98 Å². The number of methoxy groups -OCH3 is 1. The molecule has 1 aromatic carbocycles. The van der Waals surface area contributed by atoms with Crippen molar-refractivity contribution < 1.29 is 44.2 Å². The molecule has 11 nitrogen and oxygen atoms in total. The summed E-state index contributed by atoms with van der Waals surface area (Å²) < 4.78 is 14.6. The van der Waals surface area contributed by atoms with Crippen molar-refractivity contribution in [2.45, 2.75) is 199 Å². The van der Waals surface area contributed by atoms with Crippen molar-refractivity contribution in [2.24, 2.45) is 0 Å². The van der Waals surface area contributed by atoms with Gasteiger partial charge in [-0.25, -0.2) is 0 Å². The number of carbonyl (C=O) groups is 2. The molecule has 60 heavy (non-hydrogen) atoms. The van der Waals surface area contributed by atoms with Crippen LogP contribution in [-0.4, -0.2) is 82.1 Å². The number of fused-ring (bicyclic) bond motifs is 1.